The van der Waals surface area contributed by atoms with Crippen molar-refractivity contribution in [2.24, 2.45) is 0 Å². The molecule has 0 unspecified atom stereocenters. The summed E-state index contributed by atoms with van der Waals surface area (Å²) in [6.45, 7) is 3.19. The molecule has 3 aromatic rings. The van der Waals surface area contributed by atoms with Gasteiger partial charge in [0.1, 0.15) is 18.5 Å². The number of H-pyrrole nitrogens is 1. The molecule has 0 bridgehead atoms. The van der Waals surface area contributed by atoms with Gasteiger partial charge in [-0.1, -0.05) is 11.6 Å². The smallest absolute Gasteiger partial charge is 0.253 e. The van der Waals surface area contributed by atoms with Crippen molar-refractivity contribution in [3.8, 4) is 0 Å². The molecule has 2 N–H and O–H groups in total. The minimum Gasteiger partial charge on any atom is -0.382 e. The van der Waals surface area contributed by atoms with Crippen molar-refractivity contribution >= 4 is 69.7 Å². The second-order valence-corrected chi connectivity index (χ2v) is 7.80. The first kappa shape index (κ1) is 24.7. The van der Waals surface area contributed by atoms with Crippen molar-refractivity contribution in [2.75, 3.05) is 38.4 Å². The molecular formula is C22H23ClN4NaO4. The van der Waals surface area contributed by atoms with Gasteiger partial charge in [-0.05, 0) is 48.9 Å². The summed E-state index contributed by atoms with van der Waals surface area (Å²) in [4.78, 5) is 34.5. The molecule has 0 aliphatic carbocycles. The molecule has 4 rings (SSSR count). The van der Waals surface area contributed by atoms with E-state index < -0.39 is 6.04 Å². The van der Waals surface area contributed by atoms with Gasteiger partial charge in [-0.15, -0.1) is 0 Å². The summed E-state index contributed by atoms with van der Waals surface area (Å²) in [5.74, 6) is 0.236. The summed E-state index contributed by atoms with van der Waals surface area (Å²) >= 11 is 6.05. The first-order chi connectivity index (χ1) is 15.0. The van der Waals surface area contributed by atoms with Crippen LogP contribution in [0.2, 0.25) is 5.02 Å². The first-order valence-electron chi connectivity index (χ1n) is 9.90. The molecule has 1 radical (unpaired) electrons. The summed E-state index contributed by atoms with van der Waals surface area (Å²) in [6.07, 6.45) is 0. The Morgan fingerprint density at radius 2 is 2.16 bits per heavy atom. The Balaban J connectivity index is 0.00000289. The van der Waals surface area contributed by atoms with Crippen LogP contribution < -0.4 is 10.2 Å². The zero-order valence-electron chi connectivity index (χ0n) is 18.3. The summed E-state index contributed by atoms with van der Waals surface area (Å²) in [6, 6.07) is 10.2. The molecule has 10 heteroatoms. The number of halogens is 1. The van der Waals surface area contributed by atoms with Crippen LogP contribution >= 0.6 is 11.6 Å². The molecule has 2 heterocycles. The molecular weight excluding hydrogens is 443 g/mol. The molecule has 2 amide bonds. The van der Waals surface area contributed by atoms with Crippen LogP contribution in [0.1, 0.15) is 27.8 Å². The summed E-state index contributed by atoms with van der Waals surface area (Å²) in [5.41, 5.74) is 3.65. The van der Waals surface area contributed by atoms with Gasteiger partial charge in [-0.25, -0.2) is 4.98 Å². The zero-order valence-corrected chi connectivity index (χ0v) is 21.0. The number of ether oxygens (including phenoxy) is 2. The van der Waals surface area contributed by atoms with Crippen molar-refractivity contribution in [3.05, 3.63) is 58.4 Å². The maximum Gasteiger partial charge on any atom is 0.253 e. The van der Waals surface area contributed by atoms with E-state index in [0.717, 1.165) is 22.3 Å². The fraction of sp³-hybridized carbons (Fsp3) is 0.318. The number of nitrogens with zero attached hydrogens (tertiary/aromatic N) is 2. The molecule has 1 atom stereocenters. The SMILES string of the molecule is COC[C@H](NC(=O)c1ccc(N2CCOCC2=O)c(C)c1)c1nc2ccc(Cl)cc2[nH]1.[Na]. The Labute approximate surface area is 212 Å². The minimum absolute atomic E-state index is 0. The van der Waals surface area contributed by atoms with Gasteiger partial charge in [0.15, 0.2) is 0 Å². The standard InChI is InChI=1S/C22H23ClN4O4.Na/c1-13-9-14(3-6-19(13)27-7-8-31-12-20(27)28)22(29)26-18(11-30-2)21-24-16-5-4-15(23)10-17(16)25-21;/h3-6,9-10,18H,7-8,11-12H2,1-2H3,(H,24,25)(H,26,29);/t18-;/m0./s1. The maximum absolute atomic E-state index is 12.9. The van der Waals surface area contributed by atoms with Crippen molar-refractivity contribution in [1.29, 1.82) is 0 Å². The molecule has 1 aliphatic heterocycles. The third-order valence-electron chi connectivity index (χ3n) is 5.17. The predicted octanol–water partition coefficient (Wildman–Crippen LogP) is 2.62. The molecule has 32 heavy (non-hydrogen) atoms. The van der Waals surface area contributed by atoms with E-state index >= 15 is 0 Å². The number of morpholine rings is 1. The van der Waals surface area contributed by atoms with E-state index in [1.807, 2.05) is 13.0 Å². The first-order valence-corrected chi connectivity index (χ1v) is 10.3. The van der Waals surface area contributed by atoms with Gasteiger partial charge in [0.25, 0.3) is 11.8 Å². The Morgan fingerprint density at radius 3 is 2.88 bits per heavy atom. The number of aromatic nitrogens is 2. The average Bonchev–Trinajstić information content (AvgIpc) is 3.17. The van der Waals surface area contributed by atoms with Gasteiger partial charge in [0, 0.05) is 59.5 Å². The molecule has 1 fully saturated rings. The second-order valence-electron chi connectivity index (χ2n) is 7.36. The summed E-state index contributed by atoms with van der Waals surface area (Å²) < 4.78 is 10.5. The summed E-state index contributed by atoms with van der Waals surface area (Å²) in [7, 11) is 1.57. The number of hydrogen-bond acceptors (Lipinski definition) is 5. The van der Waals surface area contributed by atoms with Gasteiger partial charge < -0.3 is 24.7 Å². The van der Waals surface area contributed by atoms with Crippen molar-refractivity contribution < 1.29 is 19.1 Å². The van der Waals surface area contributed by atoms with E-state index in [0.29, 0.717) is 29.6 Å². The van der Waals surface area contributed by atoms with Gasteiger partial charge in [-0.3, -0.25) is 9.59 Å². The number of hydrogen-bond donors (Lipinski definition) is 2. The Morgan fingerprint density at radius 1 is 1.34 bits per heavy atom. The van der Waals surface area contributed by atoms with E-state index in [1.165, 1.54) is 0 Å². The number of imidazole rings is 1. The fourth-order valence-corrected chi connectivity index (χ4v) is 3.81. The third-order valence-corrected chi connectivity index (χ3v) is 5.40. The topological polar surface area (TPSA) is 96.6 Å². The van der Waals surface area contributed by atoms with Crippen molar-refractivity contribution in [1.82, 2.24) is 15.3 Å². The van der Waals surface area contributed by atoms with Crippen LogP contribution in [-0.4, -0.2) is 84.8 Å². The third kappa shape index (κ3) is 5.33. The number of anilines is 1. The van der Waals surface area contributed by atoms with Gasteiger partial charge in [0.2, 0.25) is 0 Å². The number of carbonyl (C=O) groups excluding carboxylic acids is 2. The zero-order chi connectivity index (χ0) is 22.0. The van der Waals surface area contributed by atoms with E-state index in [4.69, 9.17) is 21.1 Å². The van der Waals surface area contributed by atoms with E-state index in [-0.39, 0.29) is 54.6 Å². The van der Waals surface area contributed by atoms with Crippen molar-refractivity contribution in [2.45, 2.75) is 13.0 Å². The Bertz CT molecular complexity index is 1140. The average molecular weight is 466 g/mol. The molecule has 2 aromatic carbocycles. The normalized spacial score (nSPS) is 14.8. The number of methoxy groups -OCH3 is 1. The van der Waals surface area contributed by atoms with Crippen molar-refractivity contribution in [3.63, 3.8) is 0 Å². The molecule has 1 saturated heterocycles. The van der Waals surface area contributed by atoms with Gasteiger partial charge in [-0.2, -0.15) is 0 Å². The minimum atomic E-state index is -0.468. The van der Waals surface area contributed by atoms with E-state index in [1.54, 1.807) is 42.3 Å². The Kier molecular flexibility index (Phi) is 8.32. The number of fused-ring (bicyclic) bond motifs is 1. The second kappa shape index (κ2) is 10.8. The maximum atomic E-state index is 12.9. The molecule has 163 valence electrons. The quantitative estimate of drug-likeness (QED) is 0.545. The number of amides is 2. The monoisotopic (exact) mass is 465 g/mol. The number of aryl methyl sites for hydroxylation is 1. The molecule has 8 nitrogen and oxygen atoms in total. The van der Waals surface area contributed by atoms with Gasteiger partial charge in [0.05, 0.1) is 24.2 Å². The number of benzene rings is 2. The largest absolute Gasteiger partial charge is 0.382 e. The number of rotatable bonds is 6. The van der Waals surface area contributed by atoms with Crippen LogP contribution in [0, 0.1) is 6.92 Å². The van der Waals surface area contributed by atoms with Crippen LogP contribution in [0.25, 0.3) is 11.0 Å². The Hall–Kier alpha value is -1.94. The molecule has 0 spiro atoms. The van der Waals surface area contributed by atoms with Gasteiger partial charge >= 0.3 is 0 Å². The molecule has 0 saturated carbocycles. The van der Waals surface area contributed by atoms with E-state index in [9.17, 15) is 9.59 Å². The van der Waals surface area contributed by atoms with Crippen LogP contribution in [0.4, 0.5) is 5.69 Å². The number of nitrogens with one attached hydrogen (secondary N) is 2. The van der Waals surface area contributed by atoms with Crippen LogP contribution in [-0.2, 0) is 14.3 Å². The molecule has 1 aliphatic rings. The van der Waals surface area contributed by atoms with E-state index in [2.05, 4.69) is 15.3 Å². The van der Waals surface area contributed by atoms with Crippen LogP contribution in [0.15, 0.2) is 36.4 Å². The van der Waals surface area contributed by atoms with Crippen LogP contribution in [0.3, 0.4) is 0 Å². The number of carbonyl (C=O) groups is 2. The predicted molar refractivity (Wildman–Crippen MR) is 123 cm³/mol. The number of aromatic amines is 1. The molecule has 1 aromatic heterocycles. The van der Waals surface area contributed by atoms with Crippen LogP contribution in [0.5, 0.6) is 0 Å². The summed E-state index contributed by atoms with van der Waals surface area (Å²) in [5, 5.41) is 3.57. The fourth-order valence-electron chi connectivity index (χ4n) is 3.64.